The first-order valence-corrected chi connectivity index (χ1v) is 6.11. The second-order valence-electron chi connectivity index (χ2n) is 3.35. The fourth-order valence-corrected chi connectivity index (χ4v) is 2.28. The van der Waals surface area contributed by atoms with Gasteiger partial charge in [-0.05, 0) is 18.2 Å². The van der Waals surface area contributed by atoms with Gasteiger partial charge in [-0.1, -0.05) is 58.5 Å². The largest absolute Gasteiger partial charge is 0.205 e. The minimum Gasteiger partial charge on any atom is -0.205 e. The van der Waals surface area contributed by atoms with Crippen LogP contribution in [0.15, 0.2) is 30.3 Å². The molecule has 0 aliphatic carbocycles. The Kier molecular flexibility index (Phi) is 3.84. The Morgan fingerprint density at radius 3 is 2.24 bits per heavy atom. The molecule has 0 aliphatic rings. The van der Waals surface area contributed by atoms with Gasteiger partial charge in [0.2, 0.25) is 0 Å². The van der Waals surface area contributed by atoms with Crippen LogP contribution in [0.2, 0.25) is 20.1 Å². The maximum atomic E-state index is 13.5. The number of hydrogen-bond acceptors (Lipinski definition) is 0. The van der Waals surface area contributed by atoms with E-state index < -0.39 is 5.82 Å². The van der Waals surface area contributed by atoms with E-state index in [0.717, 1.165) is 6.07 Å². The molecule has 0 spiro atoms. The molecule has 0 fully saturated rings. The number of hydrogen-bond donors (Lipinski definition) is 0. The maximum Gasteiger partial charge on any atom is 0.143 e. The zero-order chi connectivity index (χ0) is 12.6. The van der Waals surface area contributed by atoms with Gasteiger partial charge in [0.15, 0.2) is 0 Å². The Morgan fingerprint density at radius 1 is 0.824 bits per heavy atom. The molecule has 0 nitrogen and oxygen atoms in total. The van der Waals surface area contributed by atoms with Gasteiger partial charge in [0.1, 0.15) is 5.82 Å². The summed E-state index contributed by atoms with van der Waals surface area (Å²) in [4.78, 5) is 0. The molecular formula is C12H5Cl4F. The lowest BCUT2D eigenvalue weighted by Gasteiger charge is -2.09. The lowest BCUT2D eigenvalue weighted by Crippen LogP contribution is -1.86. The van der Waals surface area contributed by atoms with Gasteiger partial charge in [-0.2, -0.15) is 0 Å². The van der Waals surface area contributed by atoms with Gasteiger partial charge >= 0.3 is 0 Å². The smallest absolute Gasteiger partial charge is 0.143 e. The molecule has 88 valence electrons. The molecule has 0 unspecified atom stereocenters. The molecule has 0 saturated carbocycles. The van der Waals surface area contributed by atoms with Gasteiger partial charge in [-0.25, -0.2) is 4.39 Å². The second-order valence-corrected chi connectivity index (χ2v) is 4.95. The molecule has 0 aromatic heterocycles. The summed E-state index contributed by atoms with van der Waals surface area (Å²) < 4.78 is 13.5. The summed E-state index contributed by atoms with van der Waals surface area (Å²) in [6.07, 6.45) is 0. The monoisotopic (exact) mass is 308 g/mol. The van der Waals surface area contributed by atoms with Gasteiger partial charge in [-0.3, -0.25) is 0 Å². The predicted octanol–water partition coefficient (Wildman–Crippen LogP) is 6.11. The van der Waals surface area contributed by atoms with E-state index in [2.05, 4.69) is 0 Å². The molecule has 0 bridgehead atoms. The highest BCUT2D eigenvalue weighted by Gasteiger charge is 2.14. The highest BCUT2D eigenvalue weighted by molar-refractivity contribution is 6.44. The summed E-state index contributed by atoms with van der Waals surface area (Å²) in [7, 11) is 0. The summed E-state index contributed by atoms with van der Waals surface area (Å²) in [6, 6.07) is 7.74. The van der Waals surface area contributed by atoms with Crippen molar-refractivity contribution in [2.45, 2.75) is 0 Å². The average molecular weight is 310 g/mol. The Hall–Kier alpha value is -0.470. The fourth-order valence-electron chi connectivity index (χ4n) is 1.46. The summed E-state index contributed by atoms with van der Waals surface area (Å²) in [6.45, 7) is 0. The molecule has 0 N–H and O–H groups in total. The van der Waals surface area contributed by atoms with E-state index in [-0.39, 0.29) is 10.0 Å². The molecular weight excluding hydrogens is 305 g/mol. The Morgan fingerprint density at radius 2 is 1.53 bits per heavy atom. The van der Waals surface area contributed by atoms with Crippen LogP contribution in [0.4, 0.5) is 4.39 Å². The molecule has 2 aromatic rings. The van der Waals surface area contributed by atoms with Crippen molar-refractivity contribution in [2.24, 2.45) is 0 Å². The van der Waals surface area contributed by atoms with Crippen molar-refractivity contribution in [3.8, 4) is 11.1 Å². The second kappa shape index (κ2) is 5.03. The van der Waals surface area contributed by atoms with Crippen molar-refractivity contribution in [2.75, 3.05) is 0 Å². The molecule has 2 rings (SSSR count). The number of benzene rings is 2. The van der Waals surface area contributed by atoms with Crippen molar-refractivity contribution < 1.29 is 4.39 Å². The highest BCUT2D eigenvalue weighted by Crippen LogP contribution is 2.39. The topological polar surface area (TPSA) is 0 Å². The van der Waals surface area contributed by atoms with Crippen LogP contribution < -0.4 is 0 Å². The van der Waals surface area contributed by atoms with Crippen LogP contribution in [0.25, 0.3) is 11.1 Å². The summed E-state index contributed by atoms with van der Waals surface area (Å²) in [5, 5.41) is 0.912. The van der Waals surface area contributed by atoms with Crippen molar-refractivity contribution in [3.05, 3.63) is 56.2 Å². The van der Waals surface area contributed by atoms with E-state index in [1.54, 1.807) is 24.3 Å². The Balaban J connectivity index is 2.73. The highest BCUT2D eigenvalue weighted by atomic mass is 35.5. The van der Waals surface area contributed by atoms with Crippen LogP contribution in [0, 0.1) is 5.82 Å². The fraction of sp³-hybridized carbons (Fsp3) is 0. The number of rotatable bonds is 1. The van der Waals surface area contributed by atoms with Crippen molar-refractivity contribution in [3.63, 3.8) is 0 Å². The Labute approximate surface area is 118 Å². The van der Waals surface area contributed by atoms with E-state index in [1.807, 2.05) is 0 Å². The normalized spacial score (nSPS) is 10.6. The zero-order valence-corrected chi connectivity index (χ0v) is 11.3. The minimum atomic E-state index is -0.592. The third kappa shape index (κ3) is 2.53. The van der Waals surface area contributed by atoms with Gasteiger partial charge < -0.3 is 0 Å². The first-order valence-electron chi connectivity index (χ1n) is 4.59. The van der Waals surface area contributed by atoms with Gasteiger partial charge in [0.25, 0.3) is 0 Å². The minimum absolute atomic E-state index is 0.0291. The predicted molar refractivity (Wildman–Crippen MR) is 71.9 cm³/mol. The van der Waals surface area contributed by atoms with Crippen molar-refractivity contribution in [1.29, 1.82) is 0 Å². The van der Waals surface area contributed by atoms with Crippen molar-refractivity contribution in [1.82, 2.24) is 0 Å². The SMILES string of the molecule is Fc1cc(Cl)cc(-c2cccc(Cl)c2Cl)c1Cl. The van der Waals surface area contributed by atoms with Crippen LogP contribution in [-0.2, 0) is 0 Å². The summed E-state index contributed by atoms with van der Waals surface area (Å²) in [5.41, 5.74) is 0.967. The lowest BCUT2D eigenvalue weighted by molar-refractivity contribution is 0.629. The van der Waals surface area contributed by atoms with E-state index in [1.165, 1.54) is 0 Å². The molecule has 0 saturated heterocycles. The van der Waals surface area contributed by atoms with Crippen LogP contribution in [0.1, 0.15) is 0 Å². The summed E-state index contributed by atoms with van der Waals surface area (Å²) >= 11 is 23.6. The third-order valence-corrected chi connectivity index (χ3v) is 3.66. The van der Waals surface area contributed by atoms with Gasteiger partial charge in [-0.15, -0.1) is 0 Å². The summed E-state index contributed by atoms with van der Waals surface area (Å²) in [5.74, 6) is -0.592. The number of halogens is 5. The molecule has 17 heavy (non-hydrogen) atoms. The van der Waals surface area contributed by atoms with E-state index in [4.69, 9.17) is 46.4 Å². The maximum absolute atomic E-state index is 13.5. The molecule has 5 heteroatoms. The van der Waals surface area contributed by atoms with E-state index in [0.29, 0.717) is 21.2 Å². The molecule has 0 aliphatic heterocycles. The average Bonchev–Trinajstić information content (AvgIpc) is 2.27. The van der Waals surface area contributed by atoms with Crippen LogP contribution >= 0.6 is 46.4 Å². The van der Waals surface area contributed by atoms with Crippen LogP contribution in [-0.4, -0.2) is 0 Å². The zero-order valence-electron chi connectivity index (χ0n) is 8.28. The Bertz CT molecular complexity index is 581. The van der Waals surface area contributed by atoms with E-state index >= 15 is 0 Å². The third-order valence-electron chi connectivity index (χ3n) is 2.23. The van der Waals surface area contributed by atoms with Crippen molar-refractivity contribution >= 4 is 46.4 Å². The molecule has 0 atom stereocenters. The van der Waals surface area contributed by atoms with Crippen LogP contribution in [0.5, 0.6) is 0 Å². The molecule has 0 radical (unpaired) electrons. The lowest BCUT2D eigenvalue weighted by atomic mass is 10.1. The molecule has 0 heterocycles. The standard InChI is InChI=1S/C12H5Cl4F/c13-6-4-8(12(16)10(17)5-6)7-2-1-3-9(14)11(7)15/h1-5H. The first kappa shape index (κ1) is 13.0. The van der Waals surface area contributed by atoms with E-state index in [9.17, 15) is 4.39 Å². The van der Waals surface area contributed by atoms with Crippen LogP contribution in [0.3, 0.4) is 0 Å². The molecule has 0 amide bonds. The molecule has 2 aromatic carbocycles. The van der Waals surface area contributed by atoms with Gasteiger partial charge in [0.05, 0.1) is 15.1 Å². The quantitative estimate of drug-likeness (QED) is 0.558. The van der Waals surface area contributed by atoms with Gasteiger partial charge in [0, 0.05) is 16.1 Å². The first-order chi connectivity index (χ1) is 8.00.